The minimum Gasteiger partial charge on any atom is -0.449 e. The maximum atomic E-state index is 12.8. The lowest BCUT2D eigenvalue weighted by molar-refractivity contribution is -0.123. The van der Waals surface area contributed by atoms with Crippen LogP contribution in [0.3, 0.4) is 0 Å². The Labute approximate surface area is 165 Å². The van der Waals surface area contributed by atoms with E-state index in [-0.39, 0.29) is 6.04 Å². The lowest BCUT2D eigenvalue weighted by Crippen LogP contribution is -2.31. The summed E-state index contributed by atoms with van der Waals surface area (Å²) in [4.78, 5) is 25.3. The maximum absolute atomic E-state index is 12.8. The molecule has 0 unspecified atom stereocenters. The number of esters is 1. The van der Waals surface area contributed by atoms with Crippen LogP contribution in [-0.2, 0) is 9.53 Å². The minimum absolute atomic E-state index is 0.107. The molecule has 2 heterocycles. The van der Waals surface area contributed by atoms with Crippen LogP contribution in [0, 0.1) is 6.92 Å². The normalized spacial score (nSPS) is 16.9. The van der Waals surface area contributed by atoms with Gasteiger partial charge in [-0.3, -0.25) is 4.79 Å². The monoisotopic (exact) mass is 384 g/mol. The number of carbonyl (C=O) groups excluding carboxylic acids is 2. The van der Waals surface area contributed by atoms with Crippen LogP contribution in [0.4, 0.5) is 11.5 Å². The molecule has 1 amide bonds. The van der Waals surface area contributed by atoms with Gasteiger partial charge in [0.05, 0.1) is 17.4 Å². The first kappa shape index (κ1) is 19.9. The van der Waals surface area contributed by atoms with E-state index in [2.05, 4.69) is 28.7 Å². The number of aromatic nitrogens is 2. The Morgan fingerprint density at radius 3 is 2.79 bits per heavy atom. The van der Waals surface area contributed by atoms with Crippen molar-refractivity contribution in [1.29, 1.82) is 0 Å². The highest BCUT2D eigenvalue weighted by molar-refractivity contribution is 6.00. The Morgan fingerprint density at radius 1 is 1.32 bits per heavy atom. The van der Waals surface area contributed by atoms with Crippen LogP contribution >= 0.6 is 0 Å². The molecule has 2 aromatic rings. The molecule has 3 rings (SSSR count). The second-order valence-corrected chi connectivity index (χ2v) is 7.68. The van der Waals surface area contributed by atoms with E-state index in [9.17, 15) is 9.59 Å². The number of hydrogen-bond donors (Lipinski definition) is 2. The van der Waals surface area contributed by atoms with Gasteiger partial charge in [0.25, 0.3) is 5.91 Å². The molecule has 0 radical (unpaired) electrons. The number of hydrogen-bond acceptors (Lipinski definition) is 5. The summed E-state index contributed by atoms with van der Waals surface area (Å²) in [6.45, 7) is 10.4. The molecule has 0 spiro atoms. The van der Waals surface area contributed by atoms with Gasteiger partial charge in [0, 0.05) is 18.7 Å². The predicted molar refractivity (Wildman–Crippen MR) is 109 cm³/mol. The summed E-state index contributed by atoms with van der Waals surface area (Å²) in [5.74, 6) is 0.0613. The minimum atomic E-state index is -0.930. The number of anilines is 2. The number of carbonyl (C=O) groups is 2. The van der Waals surface area contributed by atoms with Crippen LogP contribution in [0.15, 0.2) is 24.4 Å². The molecule has 1 aromatic carbocycles. The summed E-state index contributed by atoms with van der Waals surface area (Å²) in [6.07, 6.45) is 1.71. The summed E-state index contributed by atoms with van der Waals surface area (Å²) in [7, 11) is 0. The van der Waals surface area contributed by atoms with E-state index in [1.165, 1.54) is 0 Å². The largest absolute Gasteiger partial charge is 0.449 e. The Kier molecular flexibility index (Phi) is 5.72. The van der Waals surface area contributed by atoms with Crippen LogP contribution in [0.1, 0.15) is 67.6 Å². The van der Waals surface area contributed by atoms with Crippen LogP contribution in [-0.4, -0.2) is 34.3 Å². The van der Waals surface area contributed by atoms with Crippen molar-refractivity contribution < 1.29 is 14.3 Å². The second kappa shape index (κ2) is 8.04. The summed E-state index contributed by atoms with van der Waals surface area (Å²) in [5, 5.41) is 10.3. The average Bonchev–Trinajstić information content (AvgIpc) is 3.10. The van der Waals surface area contributed by atoms with Gasteiger partial charge in [-0.1, -0.05) is 13.0 Å². The lowest BCUT2D eigenvalue weighted by atomic mass is 9.89. The van der Waals surface area contributed by atoms with Crippen LogP contribution < -0.4 is 10.6 Å². The molecule has 150 valence electrons. The van der Waals surface area contributed by atoms with Gasteiger partial charge in [-0.15, -0.1) is 0 Å². The summed E-state index contributed by atoms with van der Waals surface area (Å²) < 4.78 is 7.19. The summed E-state index contributed by atoms with van der Waals surface area (Å²) in [5.41, 5.74) is 3.42. The van der Waals surface area contributed by atoms with Gasteiger partial charge < -0.3 is 15.4 Å². The van der Waals surface area contributed by atoms with Gasteiger partial charge in [-0.25, -0.2) is 9.48 Å². The molecule has 2 N–H and O–H groups in total. The van der Waals surface area contributed by atoms with Gasteiger partial charge in [0.2, 0.25) is 0 Å². The van der Waals surface area contributed by atoms with Gasteiger partial charge in [-0.05, 0) is 57.2 Å². The molecule has 0 saturated heterocycles. The van der Waals surface area contributed by atoms with Crippen molar-refractivity contribution in [3.05, 3.63) is 41.1 Å². The molecule has 2 atom stereocenters. The number of amides is 1. The Morgan fingerprint density at radius 2 is 2.07 bits per heavy atom. The van der Waals surface area contributed by atoms with Gasteiger partial charge in [-0.2, -0.15) is 5.10 Å². The second-order valence-electron chi connectivity index (χ2n) is 7.68. The fourth-order valence-electron chi connectivity index (χ4n) is 3.46. The zero-order valence-corrected chi connectivity index (χ0v) is 17.1. The van der Waals surface area contributed by atoms with Crippen molar-refractivity contribution >= 4 is 23.4 Å². The molecule has 28 heavy (non-hydrogen) atoms. The van der Waals surface area contributed by atoms with Gasteiger partial charge >= 0.3 is 5.97 Å². The molecular formula is C21H28N4O3. The van der Waals surface area contributed by atoms with Crippen LogP contribution in [0.2, 0.25) is 0 Å². The van der Waals surface area contributed by atoms with E-state index in [0.29, 0.717) is 17.3 Å². The van der Waals surface area contributed by atoms with Gasteiger partial charge in [0.1, 0.15) is 5.82 Å². The van der Waals surface area contributed by atoms with Crippen LogP contribution in [0.25, 0.3) is 0 Å². The summed E-state index contributed by atoms with van der Waals surface area (Å²) >= 11 is 0. The first-order chi connectivity index (χ1) is 13.3. The third kappa shape index (κ3) is 4.03. The number of rotatable bonds is 5. The van der Waals surface area contributed by atoms with Crippen molar-refractivity contribution in [2.45, 2.75) is 59.1 Å². The summed E-state index contributed by atoms with van der Waals surface area (Å²) in [6, 6.07) is 5.74. The van der Waals surface area contributed by atoms with Crippen LogP contribution in [0.5, 0.6) is 0 Å². The zero-order valence-electron chi connectivity index (χ0n) is 17.1. The number of fused-ring (bicyclic) bond motifs is 1. The quantitative estimate of drug-likeness (QED) is 0.764. The van der Waals surface area contributed by atoms with E-state index in [1.807, 2.05) is 26.8 Å². The SMILES string of the molecule is Cc1cc(C(=O)O[C@H](C)C(=O)Nc2ccnn2C(C)C)c2c(c1)[C@H](C)CCN2. The molecule has 1 aliphatic heterocycles. The molecule has 0 saturated carbocycles. The number of aryl methyl sites for hydroxylation is 1. The zero-order chi connectivity index (χ0) is 20.4. The maximum Gasteiger partial charge on any atom is 0.341 e. The van der Waals surface area contributed by atoms with Crippen molar-refractivity contribution in [1.82, 2.24) is 9.78 Å². The Bertz CT molecular complexity index is 888. The molecule has 1 aliphatic rings. The number of nitrogens with zero attached hydrogens (tertiary/aromatic N) is 2. The third-order valence-electron chi connectivity index (χ3n) is 5.01. The first-order valence-corrected chi connectivity index (χ1v) is 9.71. The molecule has 7 nitrogen and oxygen atoms in total. The highest BCUT2D eigenvalue weighted by atomic mass is 16.5. The smallest absolute Gasteiger partial charge is 0.341 e. The van der Waals surface area contributed by atoms with Crippen molar-refractivity contribution in [3.63, 3.8) is 0 Å². The number of nitrogens with one attached hydrogen (secondary N) is 2. The van der Waals surface area contributed by atoms with E-state index >= 15 is 0 Å². The third-order valence-corrected chi connectivity index (χ3v) is 5.01. The van der Waals surface area contributed by atoms with E-state index < -0.39 is 18.0 Å². The predicted octanol–water partition coefficient (Wildman–Crippen LogP) is 3.88. The van der Waals surface area contributed by atoms with Crippen molar-refractivity contribution in [2.24, 2.45) is 0 Å². The van der Waals surface area contributed by atoms with E-state index in [0.717, 1.165) is 29.8 Å². The molecule has 0 fully saturated rings. The topological polar surface area (TPSA) is 85.2 Å². The highest BCUT2D eigenvalue weighted by Gasteiger charge is 2.26. The molecular weight excluding hydrogens is 356 g/mol. The number of benzene rings is 1. The van der Waals surface area contributed by atoms with Crippen molar-refractivity contribution in [3.8, 4) is 0 Å². The van der Waals surface area contributed by atoms with Crippen molar-refractivity contribution in [2.75, 3.05) is 17.2 Å². The standard InChI is InChI=1S/C21H28N4O3/c1-12(2)25-18(7-9-23-25)24-20(26)15(5)28-21(27)17-11-13(3)10-16-14(4)6-8-22-19(16)17/h7,9-12,14-15,22H,6,8H2,1-5H3,(H,24,26)/t14-,15-/m1/s1. The fourth-order valence-corrected chi connectivity index (χ4v) is 3.46. The average molecular weight is 384 g/mol. The fraction of sp³-hybridized carbons (Fsp3) is 0.476. The Hall–Kier alpha value is -2.83. The lowest BCUT2D eigenvalue weighted by Gasteiger charge is -2.26. The van der Waals surface area contributed by atoms with Gasteiger partial charge in [0.15, 0.2) is 6.10 Å². The molecule has 7 heteroatoms. The Balaban J connectivity index is 1.74. The first-order valence-electron chi connectivity index (χ1n) is 9.71. The molecule has 1 aromatic heterocycles. The molecule has 0 aliphatic carbocycles. The van der Waals surface area contributed by atoms with E-state index in [4.69, 9.17) is 4.74 Å². The number of ether oxygens (including phenoxy) is 1. The molecule has 0 bridgehead atoms. The highest BCUT2D eigenvalue weighted by Crippen LogP contribution is 2.35. The van der Waals surface area contributed by atoms with E-state index in [1.54, 1.807) is 23.9 Å².